The van der Waals surface area contributed by atoms with Gasteiger partial charge in [0, 0.05) is 5.56 Å². The first-order valence-electron chi connectivity index (χ1n) is 6.73. The lowest BCUT2D eigenvalue weighted by molar-refractivity contribution is 0.108. The summed E-state index contributed by atoms with van der Waals surface area (Å²) in [4.78, 5) is 11.2. The van der Waals surface area contributed by atoms with E-state index in [4.69, 9.17) is 24.6 Å². The molecule has 0 radical (unpaired) electrons. The number of carbonyl (C=O) groups is 1. The third-order valence-corrected chi connectivity index (χ3v) is 1.90. The zero-order valence-corrected chi connectivity index (χ0v) is 8.42. The normalized spacial score (nSPS) is 17.2. The summed E-state index contributed by atoms with van der Waals surface area (Å²) in [6, 6.07) is 2.08. The number of methoxy groups -OCH3 is 3. The van der Waals surface area contributed by atoms with Gasteiger partial charge in [0.05, 0.1) is 29.4 Å². The number of rotatable bonds is 4. The molecule has 0 atom stereocenters. The molecule has 0 heterocycles. The van der Waals surface area contributed by atoms with E-state index in [1.165, 1.54) is 7.11 Å². The van der Waals surface area contributed by atoms with Crippen molar-refractivity contribution in [1.29, 1.82) is 0 Å². The fraction of sp³-hybridized carbons (Fsp3) is 0.300. The van der Waals surface area contributed by atoms with Gasteiger partial charge in [0.25, 0.3) is 5.24 Å². The largest absolute Gasteiger partial charge is 0.493 e. The van der Waals surface area contributed by atoms with Crippen molar-refractivity contribution >= 4 is 16.8 Å². The average Bonchev–Trinajstić information content (AvgIpc) is 2.27. The van der Waals surface area contributed by atoms with Crippen molar-refractivity contribution < 1.29 is 27.2 Å². The number of ether oxygens (including phenoxy) is 3. The minimum atomic E-state index is -2.88. The van der Waals surface area contributed by atoms with Crippen LogP contribution in [-0.4, -0.2) is 26.4 Å². The fourth-order valence-corrected chi connectivity index (χ4v) is 1.13. The first kappa shape index (κ1) is 5.61. The van der Waals surface area contributed by atoms with Crippen molar-refractivity contribution in [1.82, 2.24) is 0 Å². The Morgan fingerprint density at radius 3 is 2.33 bits per heavy atom. The highest BCUT2D eigenvalue weighted by Crippen LogP contribution is 2.38. The molecule has 0 saturated heterocycles. The lowest BCUT2D eigenvalue weighted by Crippen LogP contribution is -1.98. The van der Waals surface area contributed by atoms with E-state index < -0.39 is 30.8 Å². The summed E-state index contributed by atoms with van der Waals surface area (Å²) in [5, 5.41) is -0.899. The molecule has 0 unspecified atom stereocenters. The van der Waals surface area contributed by atoms with Crippen LogP contribution in [-0.2, 0) is 0 Å². The van der Waals surface area contributed by atoms with E-state index in [2.05, 4.69) is 9.47 Å². The summed E-state index contributed by atoms with van der Waals surface area (Å²) >= 11 is 5.32. The van der Waals surface area contributed by atoms with Gasteiger partial charge < -0.3 is 14.2 Å². The standard InChI is InChI=1S/C10H11ClO4/c1-13-7-4-6(10(11)12)5-8(14-2)9(7)15-3/h4-5H,1-3H3/i1D3,3D3. The lowest BCUT2D eigenvalue weighted by atomic mass is 10.2. The molecule has 82 valence electrons. The first-order chi connectivity index (χ1) is 9.43. The molecule has 0 N–H and O–H groups in total. The quantitative estimate of drug-likeness (QED) is 0.751. The van der Waals surface area contributed by atoms with Gasteiger partial charge >= 0.3 is 0 Å². The Kier molecular flexibility index (Phi) is 1.83. The Bertz CT molecular complexity index is 540. The molecule has 0 saturated carbocycles. The SMILES string of the molecule is [2H]C([2H])([2H])Oc1cc(C(=O)Cl)cc(OC)c1OC([2H])([2H])[2H]. The Balaban J connectivity index is 3.45. The monoisotopic (exact) mass is 236 g/mol. The van der Waals surface area contributed by atoms with Gasteiger partial charge in [-0.05, 0) is 23.7 Å². The zero-order valence-electron chi connectivity index (χ0n) is 13.7. The van der Waals surface area contributed by atoms with E-state index in [0.29, 0.717) is 0 Å². The molecule has 0 aliphatic rings. The minimum Gasteiger partial charge on any atom is -0.493 e. The number of hydrogen-bond donors (Lipinski definition) is 0. The summed E-state index contributed by atoms with van der Waals surface area (Å²) in [5.41, 5.74) is -0.134. The number of benzene rings is 1. The smallest absolute Gasteiger partial charge is 0.252 e. The molecular formula is C10H11ClO4. The van der Waals surface area contributed by atoms with Gasteiger partial charge in [-0.25, -0.2) is 0 Å². The van der Waals surface area contributed by atoms with E-state index in [0.717, 1.165) is 12.1 Å². The van der Waals surface area contributed by atoms with Gasteiger partial charge in [-0.15, -0.1) is 0 Å². The van der Waals surface area contributed by atoms with Crippen molar-refractivity contribution in [3.8, 4) is 17.2 Å². The maximum atomic E-state index is 11.2. The number of hydrogen-bond acceptors (Lipinski definition) is 4. The highest BCUT2D eigenvalue weighted by molar-refractivity contribution is 6.67. The molecule has 5 heteroatoms. The van der Waals surface area contributed by atoms with Crippen molar-refractivity contribution in [2.45, 2.75) is 0 Å². The maximum Gasteiger partial charge on any atom is 0.252 e. The predicted molar refractivity (Wildman–Crippen MR) is 56.3 cm³/mol. The molecule has 0 spiro atoms. The Morgan fingerprint density at radius 1 is 1.27 bits per heavy atom. The third-order valence-electron chi connectivity index (χ3n) is 1.68. The van der Waals surface area contributed by atoms with Gasteiger partial charge in [0.15, 0.2) is 11.5 Å². The Hall–Kier alpha value is -1.42. The van der Waals surface area contributed by atoms with Crippen molar-refractivity contribution in [3.63, 3.8) is 0 Å². The van der Waals surface area contributed by atoms with Crippen LogP contribution in [0.1, 0.15) is 18.6 Å². The number of halogens is 1. The molecule has 0 aromatic heterocycles. The van der Waals surface area contributed by atoms with E-state index >= 15 is 0 Å². The van der Waals surface area contributed by atoms with E-state index in [9.17, 15) is 4.79 Å². The Morgan fingerprint density at radius 2 is 1.87 bits per heavy atom. The number of carbonyl (C=O) groups excluding carboxylic acids is 1. The average molecular weight is 237 g/mol. The highest BCUT2D eigenvalue weighted by Gasteiger charge is 2.15. The van der Waals surface area contributed by atoms with Crippen LogP contribution < -0.4 is 14.2 Å². The molecule has 0 fully saturated rings. The van der Waals surface area contributed by atoms with Crippen LogP contribution in [0.2, 0.25) is 0 Å². The molecule has 0 aliphatic heterocycles. The summed E-state index contributed by atoms with van der Waals surface area (Å²) in [7, 11) is -4.57. The van der Waals surface area contributed by atoms with Gasteiger partial charge in [0.1, 0.15) is 0 Å². The van der Waals surface area contributed by atoms with Crippen LogP contribution >= 0.6 is 11.6 Å². The van der Waals surface area contributed by atoms with E-state index in [-0.39, 0.29) is 11.3 Å². The summed E-state index contributed by atoms with van der Waals surface area (Å²) in [6.07, 6.45) is 0. The predicted octanol–water partition coefficient (Wildman–Crippen LogP) is 2.09. The summed E-state index contributed by atoms with van der Waals surface area (Å²) in [6.45, 7) is 0. The van der Waals surface area contributed by atoms with E-state index in [1.807, 2.05) is 0 Å². The molecule has 1 rings (SSSR count). The van der Waals surface area contributed by atoms with Crippen LogP contribution in [0.25, 0.3) is 0 Å². The molecule has 0 aliphatic carbocycles. The third kappa shape index (κ3) is 2.33. The molecule has 1 aromatic carbocycles. The summed E-state index contributed by atoms with van der Waals surface area (Å²) in [5.74, 6) is -1.15. The lowest BCUT2D eigenvalue weighted by Gasteiger charge is -2.12. The maximum absolute atomic E-state index is 11.2. The molecule has 15 heavy (non-hydrogen) atoms. The van der Waals surface area contributed by atoms with Gasteiger partial charge in [-0.1, -0.05) is 0 Å². The van der Waals surface area contributed by atoms with Crippen molar-refractivity contribution in [2.75, 3.05) is 21.2 Å². The first-order valence-corrected chi connectivity index (χ1v) is 4.10. The molecule has 0 amide bonds. The second kappa shape index (κ2) is 4.89. The Labute approximate surface area is 101 Å². The minimum absolute atomic E-state index is 0.134. The van der Waals surface area contributed by atoms with Gasteiger partial charge in [0.2, 0.25) is 5.75 Å². The van der Waals surface area contributed by atoms with Crippen molar-refractivity contribution in [3.05, 3.63) is 17.7 Å². The van der Waals surface area contributed by atoms with Gasteiger partial charge in [-0.2, -0.15) is 0 Å². The zero-order chi connectivity index (χ0) is 16.4. The van der Waals surface area contributed by atoms with Crippen molar-refractivity contribution in [2.24, 2.45) is 0 Å². The topological polar surface area (TPSA) is 44.8 Å². The molecular weight excluding hydrogens is 220 g/mol. The molecule has 1 aromatic rings. The molecule has 4 nitrogen and oxygen atoms in total. The van der Waals surface area contributed by atoms with Crippen LogP contribution in [0, 0.1) is 0 Å². The van der Waals surface area contributed by atoms with E-state index in [1.54, 1.807) is 0 Å². The fourth-order valence-electron chi connectivity index (χ4n) is 1.02. The van der Waals surface area contributed by atoms with Crippen LogP contribution in [0.4, 0.5) is 0 Å². The van der Waals surface area contributed by atoms with Crippen LogP contribution in [0.5, 0.6) is 17.2 Å². The second-order valence-electron chi connectivity index (χ2n) is 2.48. The van der Waals surface area contributed by atoms with Crippen LogP contribution in [0.3, 0.4) is 0 Å². The second-order valence-corrected chi connectivity index (χ2v) is 2.83. The van der Waals surface area contributed by atoms with Gasteiger partial charge in [-0.3, -0.25) is 4.79 Å². The molecule has 0 bridgehead atoms. The summed E-state index contributed by atoms with van der Waals surface area (Å²) < 4.78 is 56.6. The highest BCUT2D eigenvalue weighted by atomic mass is 35.5. The van der Waals surface area contributed by atoms with Crippen LogP contribution in [0.15, 0.2) is 12.1 Å².